The number of amides is 2. The Kier molecular flexibility index (Phi) is 2.83. The van der Waals surface area contributed by atoms with Crippen LogP contribution in [0.15, 0.2) is 18.2 Å². The molecule has 1 aromatic carbocycles. The van der Waals surface area contributed by atoms with E-state index in [0.29, 0.717) is 12.6 Å². The van der Waals surface area contributed by atoms with Crippen molar-refractivity contribution in [1.82, 2.24) is 10.2 Å². The summed E-state index contributed by atoms with van der Waals surface area (Å²) in [5, 5.41) is 15.6. The molecule has 3 N–H and O–H groups in total. The fourth-order valence-electron chi connectivity index (χ4n) is 2.67. The predicted octanol–water partition coefficient (Wildman–Crippen LogP) is 1.49. The second kappa shape index (κ2) is 4.49. The molecule has 3 rings (SSSR count). The van der Waals surface area contributed by atoms with Gasteiger partial charge in [0.25, 0.3) is 0 Å². The molecule has 2 heterocycles. The van der Waals surface area contributed by atoms with Gasteiger partial charge in [0, 0.05) is 18.7 Å². The molecule has 0 bridgehead atoms. The lowest BCUT2D eigenvalue weighted by Gasteiger charge is -2.37. The Hall–Kier alpha value is -1.75. The highest BCUT2D eigenvalue weighted by Crippen LogP contribution is 2.29. The number of phenols is 1. The van der Waals surface area contributed by atoms with Crippen LogP contribution in [0.4, 0.5) is 10.5 Å². The predicted molar refractivity (Wildman–Crippen MR) is 68.6 cm³/mol. The van der Waals surface area contributed by atoms with Crippen molar-refractivity contribution >= 4 is 11.7 Å². The number of benzene rings is 1. The van der Waals surface area contributed by atoms with Crippen LogP contribution in [0.1, 0.15) is 18.4 Å². The molecule has 0 aromatic heterocycles. The smallest absolute Gasteiger partial charge is 0.322 e. The molecule has 2 aliphatic rings. The number of piperidine rings is 1. The molecule has 0 aliphatic carbocycles. The molecule has 1 fully saturated rings. The van der Waals surface area contributed by atoms with Gasteiger partial charge in [-0.05, 0) is 37.6 Å². The van der Waals surface area contributed by atoms with Crippen LogP contribution in [0.3, 0.4) is 0 Å². The van der Waals surface area contributed by atoms with E-state index in [9.17, 15) is 9.90 Å². The maximum Gasteiger partial charge on any atom is 0.322 e. The largest absolute Gasteiger partial charge is 0.508 e. The third-order valence-electron chi connectivity index (χ3n) is 3.69. The zero-order valence-electron chi connectivity index (χ0n) is 10.1. The third kappa shape index (κ3) is 2.01. The first-order valence-electron chi connectivity index (χ1n) is 6.34. The SMILES string of the molecule is O=C1Nc2cc(O)ccc2CN1C1CCNCC1. The average Bonchev–Trinajstić information content (AvgIpc) is 2.39. The lowest BCUT2D eigenvalue weighted by atomic mass is 10.0. The number of anilines is 1. The third-order valence-corrected chi connectivity index (χ3v) is 3.69. The quantitative estimate of drug-likeness (QED) is 0.704. The van der Waals surface area contributed by atoms with Crippen LogP contribution in [0, 0.1) is 0 Å². The van der Waals surface area contributed by atoms with E-state index in [1.807, 2.05) is 11.0 Å². The molecule has 18 heavy (non-hydrogen) atoms. The molecule has 0 saturated carbocycles. The van der Waals surface area contributed by atoms with E-state index in [1.54, 1.807) is 12.1 Å². The van der Waals surface area contributed by atoms with Gasteiger partial charge in [-0.1, -0.05) is 6.07 Å². The van der Waals surface area contributed by atoms with Crippen molar-refractivity contribution in [2.45, 2.75) is 25.4 Å². The van der Waals surface area contributed by atoms with Gasteiger partial charge in [-0.2, -0.15) is 0 Å². The van der Waals surface area contributed by atoms with E-state index in [1.165, 1.54) is 0 Å². The number of carbonyl (C=O) groups excluding carboxylic acids is 1. The molecule has 2 amide bonds. The molecule has 0 unspecified atom stereocenters. The van der Waals surface area contributed by atoms with E-state index in [4.69, 9.17) is 0 Å². The average molecular weight is 247 g/mol. The standard InChI is InChI=1S/C13H17N3O2/c17-11-2-1-9-8-16(10-3-5-14-6-4-10)13(18)15-12(9)7-11/h1-2,7,10,14,17H,3-6,8H2,(H,15,18). The Labute approximate surface area is 106 Å². The Morgan fingerprint density at radius 3 is 2.83 bits per heavy atom. The first-order valence-corrected chi connectivity index (χ1v) is 6.34. The van der Waals surface area contributed by atoms with Crippen molar-refractivity contribution in [1.29, 1.82) is 0 Å². The van der Waals surface area contributed by atoms with Crippen LogP contribution in [0.5, 0.6) is 5.75 Å². The number of nitrogens with one attached hydrogen (secondary N) is 2. The van der Waals surface area contributed by atoms with Gasteiger partial charge >= 0.3 is 6.03 Å². The van der Waals surface area contributed by atoms with Crippen molar-refractivity contribution < 1.29 is 9.90 Å². The molecular weight excluding hydrogens is 230 g/mol. The van der Waals surface area contributed by atoms with E-state index in [0.717, 1.165) is 37.2 Å². The van der Waals surface area contributed by atoms with Crippen LogP contribution in [-0.2, 0) is 6.54 Å². The number of aromatic hydroxyl groups is 1. The monoisotopic (exact) mass is 247 g/mol. The molecule has 0 atom stereocenters. The minimum Gasteiger partial charge on any atom is -0.508 e. The van der Waals surface area contributed by atoms with Crippen molar-refractivity contribution in [3.05, 3.63) is 23.8 Å². The number of urea groups is 1. The van der Waals surface area contributed by atoms with E-state index in [-0.39, 0.29) is 11.8 Å². The number of carbonyl (C=O) groups is 1. The Bertz CT molecular complexity index is 469. The Morgan fingerprint density at radius 1 is 1.28 bits per heavy atom. The van der Waals surface area contributed by atoms with Crippen LogP contribution in [-0.4, -0.2) is 35.2 Å². The van der Waals surface area contributed by atoms with E-state index >= 15 is 0 Å². The van der Waals surface area contributed by atoms with Gasteiger partial charge in [0.05, 0.1) is 5.69 Å². The van der Waals surface area contributed by atoms with Crippen LogP contribution in [0.25, 0.3) is 0 Å². The van der Waals surface area contributed by atoms with Crippen molar-refractivity contribution in [2.24, 2.45) is 0 Å². The summed E-state index contributed by atoms with van der Waals surface area (Å²) in [5.74, 6) is 0.185. The zero-order valence-corrected chi connectivity index (χ0v) is 10.1. The summed E-state index contributed by atoms with van der Waals surface area (Å²) in [4.78, 5) is 14.0. The summed E-state index contributed by atoms with van der Waals surface area (Å²) >= 11 is 0. The molecule has 1 aromatic rings. The zero-order chi connectivity index (χ0) is 12.5. The molecule has 0 spiro atoms. The highest BCUT2D eigenvalue weighted by molar-refractivity contribution is 5.92. The first-order chi connectivity index (χ1) is 8.74. The minimum absolute atomic E-state index is 0.0556. The maximum atomic E-state index is 12.1. The summed E-state index contributed by atoms with van der Waals surface area (Å²) in [5.41, 5.74) is 1.79. The molecule has 5 nitrogen and oxygen atoms in total. The van der Waals surface area contributed by atoms with Crippen molar-refractivity contribution in [2.75, 3.05) is 18.4 Å². The fourth-order valence-corrected chi connectivity index (χ4v) is 2.67. The maximum absolute atomic E-state index is 12.1. The summed E-state index contributed by atoms with van der Waals surface area (Å²) in [7, 11) is 0. The van der Waals surface area contributed by atoms with Gasteiger partial charge in [-0.3, -0.25) is 0 Å². The number of hydrogen-bond acceptors (Lipinski definition) is 3. The van der Waals surface area contributed by atoms with Crippen LogP contribution >= 0.6 is 0 Å². The lowest BCUT2D eigenvalue weighted by Crippen LogP contribution is -2.49. The Balaban J connectivity index is 1.82. The summed E-state index contributed by atoms with van der Waals surface area (Å²) in [6, 6.07) is 5.40. The number of fused-ring (bicyclic) bond motifs is 1. The second-order valence-electron chi connectivity index (χ2n) is 4.88. The Morgan fingerprint density at radius 2 is 2.06 bits per heavy atom. The van der Waals surface area contributed by atoms with Gasteiger partial charge < -0.3 is 20.6 Å². The number of rotatable bonds is 1. The van der Waals surface area contributed by atoms with E-state index < -0.39 is 0 Å². The van der Waals surface area contributed by atoms with Gasteiger partial charge in [-0.15, -0.1) is 0 Å². The minimum atomic E-state index is -0.0556. The fraction of sp³-hybridized carbons (Fsp3) is 0.462. The molecule has 5 heteroatoms. The number of nitrogens with zero attached hydrogens (tertiary/aromatic N) is 1. The summed E-state index contributed by atoms with van der Waals surface area (Å²) in [6.07, 6.45) is 2.00. The van der Waals surface area contributed by atoms with Crippen molar-refractivity contribution in [3.63, 3.8) is 0 Å². The van der Waals surface area contributed by atoms with Gasteiger partial charge in [0.1, 0.15) is 5.75 Å². The van der Waals surface area contributed by atoms with E-state index in [2.05, 4.69) is 10.6 Å². The van der Waals surface area contributed by atoms with Gasteiger partial charge in [0.2, 0.25) is 0 Å². The van der Waals surface area contributed by atoms with Crippen molar-refractivity contribution in [3.8, 4) is 5.75 Å². The lowest BCUT2D eigenvalue weighted by molar-refractivity contribution is 0.163. The summed E-state index contributed by atoms with van der Waals surface area (Å²) in [6.45, 7) is 2.57. The normalized spacial score (nSPS) is 20.4. The molecule has 1 saturated heterocycles. The van der Waals surface area contributed by atoms with Gasteiger partial charge in [0.15, 0.2) is 0 Å². The molecule has 0 radical (unpaired) electrons. The highest BCUT2D eigenvalue weighted by atomic mass is 16.3. The topological polar surface area (TPSA) is 64.6 Å². The highest BCUT2D eigenvalue weighted by Gasteiger charge is 2.29. The number of hydrogen-bond donors (Lipinski definition) is 3. The van der Waals surface area contributed by atoms with Crippen LogP contribution < -0.4 is 10.6 Å². The van der Waals surface area contributed by atoms with Gasteiger partial charge in [-0.25, -0.2) is 4.79 Å². The molecular formula is C13H17N3O2. The van der Waals surface area contributed by atoms with Crippen LogP contribution in [0.2, 0.25) is 0 Å². The molecule has 2 aliphatic heterocycles. The molecule has 96 valence electrons. The second-order valence-corrected chi connectivity index (χ2v) is 4.88. The number of phenolic OH excluding ortho intramolecular Hbond substituents is 1. The summed E-state index contributed by atoms with van der Waals surface area (Å²) < 4.78 is 0. The first kappa shape index (κ1) is 11.3.